The van der Waals surface area contributed by atoms with E-state index in [1.54, 1.807) is 0 Å². The maximum absolute atomic E-state index is 12.1. The van der Waals surface area contributed by atoms with Crippen LogP contribution in [-0.4, -0.2) is 40.2 Å². The number of ether oxygens (including phenoxy) is 1. The number of rotatable bonds is 6. The SMILES string of the molecule is CNC(=O)CSc1nnc(-c2ccc(OC(F)F)cc2)n1N. The molecule has 1 aromatic heterocycles. The summed E-state index contributed by atoms with van der Waals surface area (Å²) in [5.74, 6) is 6.25. The molecule has 2 aromatic rings. The molecule has 0 saturated heterocycles. The lowest BCUT2D eigenvalue weighted by molar-refractivity contribution is -0.118. The summed E-state index contributed by atoms with van der Waals surface area (Å²) in [7, 11) is 1.53. The van der Waals surface area contributed by atoms with Gasteiger partial charge < -0.3 is 15.9 Å². The van der Waals surface area contributed by atoms with Crippen molar-refractivity contribution in [1.29, 1.82) is 0 Å². The third kappa shape index (κ3) is 3.85. The van der Waals surface area contributed by atoms with E-state index in [4.69, 9.17) is 5.84 Å². The van der Waals surface area contributed by atoms with Crippen LogP contribution in [0.3, 0.4) is 0 Å². The highest BCUT2D eigenvalue weighted by atomic mass is 32.2. The molecule has 0 radical (unpaired) electrons. The smallest absolute Gasteiger partial charge is 0.387 e. The first kappa shape index (κ1) is 16.0. The summed E-state index contributed by atoms with van der Waals surface area (Å²) in [5, 5.41) is 10.7. The van der Waals surface area contributed by atoms with Crippen molar-refractivity contribution in [2.24, 2.45) is 0 Å². The Balaban J connectivity index is 2.12. The summed E-state index contributed by atoms with van der Waals surface area (Å²) < 4.78 is 29.7. The van der Waals surface area contributed by atoms with Crippen molar-refractivity contribution < 1.29 is 18.3 Å². The van der Waals surface area contributed by atoms with Crippen LogP contribution >= 0.6 is 11.8 Å². The predicted molar refractivity (Wildman–Crippen MR) is 77.0 cm³/mol. The zero-order valence-corrected chi connectivity index (χ0v) is 12.3. The number of hydrogen-bond donors (Lipinski definition) is 2. The molecule has 1 heterocycles. The molecule has 0 fully saturated rings. The largest absolute Gasteiger partial charge is 0.435 e. The first-order valence-electron chi connectivity index (χ1n) is 6.10. The van der Waals surface area contributed by atoms with Crippen molar-refractivity contribution >= 4 is 17.7 Å². The maximum atomic E-state index is 12.1. The Morgan fingerprint density at radius 3 is 2.68 bits per heavy atom. The molecule has 3 N–H and O–H groups in total. The van der Waals surface area contributed by atoms with Gasteiger partial charge in [0.2, 0.25) is 11.1 Å². The summed E-state index contributed by atoms with van der Waals surface area (Å²) in [5.41, 5.74) is 0.586. The molecule has 118 valence electrons. The van der Waals surface area contributed by atoms with Crippen molar-refractivity contribution in [3.63, 3.8) is 0 Å². The van der Waals surface area contributed by atoms with E-state index in [2.05, 4.69) is 20.3 Å². The third-order valence-electron chi connectivity index (χ3n) is 2.61. The van der Waals surface area contributed by atoms with Crippen molar-refractivity contribution in [1.82, 2.24) is 20.2 Å². The lowest BCUT2D eigenvalue weighted by atomic mass is 10.2. The summed E-state index contributed by atoms with van der Waals surface area (Å²) in [6.45, 7) is -2.88. The van der Waals surface area contributed by atoms with E-state index in [-0.39, 0.29) is 17.4 Å². The summed E-state index contributed by atoms with van der Waals surface area (Å²) in [6, 6.07) is 5.84. The van der Waals surface area contributed by atoms with E-state index in [0.29, 0.717) is 16.5 Å². The number of nitrogens with two attached hydrogens (primary N) is 1. The van der Waals surface area contributed by atoms with Crippen LogP contribution in [0.15, 0.2) is 29.4 Å². The van der Waals surface area contributed by atoms with Crippen LogP contribution < -0.4 is 15.9 Å². The molecule has 0 bridgehead atoms. The molecular weight excluding hydrogens is 316 g/mol. The zero-order valence-electron chi connectivity index (χ0n) is 11.5. The van der Waals surface area contributed by atoms with Gasteiger partial charge in [-0.05, 0) is 24.3 Å². The van der Waals surface area contributed by atoms with Gasteiger partial charge in [-0.25, -0.2) is 4.68 Å². The molecule has 0 atom stereocenters. The second-order valence-electron chi connectivity index (χ2n) is 4.04. The van der Waals surface area contributed by atoms with Gasteiger partial charge in [0.25, 0.3) is 0 Å². The molecule has 22 heavy (non-hydrogen) atoms. The number of nitrogen functional groups attached to an aromatic ring is 1. The van der Waals surface area contributed by atoms with Crippen LogP contribution in [0.2, 0.25) is 0 Å². The van der Waals surface area contributed by atoms with Crippen LogP contribution in [0.25, 0.3) is 11.4 Å². The number of benzene rings is 1. The maximum Gasteiger partial charge on any atom is 0.387 e. The molecule has 0 unspecified atom stereocenters. The molecule has 2 rings (SSSR count). The van der Waals surface area contributed by atoms with Gasteiger partial charge in [-0.1, -0.05) is 11.8 Å². The molecule has 0 spiro atoms. The Morgan fingerprint density at radius 1 is 1.41 bits per heavy atom. The van der Waals surface area contributed by atoms with E-state index < -0.39 is 6.61 Å². The number of carbonyl (C=O) groups excluding carboxylic acids is 1. The van der Waals surface area contributed by atoms with Gasteiger partial charge in [-0.15, -0.1) is 10.2 Å². The molecule has 7 nitrogen and oxygen atoms in total. The van der Waals surface area contributed by atoms with Gasteiger partial charge in [0, 0.05) is 12.6 Å². The number of alkyl halides is 2. The molecular formula is C12H13F2N5O2S. The predicted octanol–water partition coefficient (Wildman–Crippen LogP) is 1.10. The highest BCUT2D eigenvalue weighted by Gasteiger charge is 2.14. The number of nitrogens with one attached hydrogen (secondary N) is 1. The Bertz CT molecular complexity index is 647. The Morgan fingerprint density at radius 2 is 2.09 bits per heavy atom. The van der Waals surface area contributed by atoms with Gasteiger partial charge in [0.15, 0.2) is 5.82 Å². The molecule has 1 aromatic carbocycles. The molecule has 0 aliphatic heterocycles. The minimum absolute atomic E-state index is 0.0380. The number of carbonyl (C=O) groups is 1. The van der Waals surface area contributed by atoms with Gasteiger partial charge in [-0.3, -0.25) is 4.79 Å². The van der Waals surface area contributed by atoms with Crippen LogP contribution in [-0.2, 0) is 4.79 Å². The standard InChI is InChI=1S/C12H13F2N5O2S/c1-16-9(20)6-22-12-18-17-10(19(12)15)7-2-4-8(5-3-7)21-11(13)14/h2-5,11H,6,15H2,1H3,(H,16,20). The molecule has 1 amide bonds. The second-order valence-corrected chi connectivity index (χ2v) is 4.98. The van der Waals surface area contributed by atoms with Crippen molar-refractivity contribution in [3.8, 4) is 17.1 Å². The first-order valence-corrected chi connectivity index (χ1v) is 7.09. The van der Waals surface area contributed by atoms with Crippen molar-refractivity contribution in [2.45, 2.75) is 11.8 Å². The summed E-state index contributed by atoms with van der Waals surface area (Å²) >= 11 is 1.14. The Hall–Kier alpha value is -2.36. The lowest BCUT2D eigenvalue weighted by Crippen LogP contribution is -2.20. The van der Waals surface area contributed by atoms with E-state index in [1.165, 1.54) is 36.0 Å². The van der Waals surface area contributed by atoms with E-state index >= 15 is 0 Å². The van der Waals surface area contributed by atoms with E-state index in [0.717, 1.165) is 11.8 Å². The van der Waals surface area contributed by atoms with Gasteiger partial charge in [-0.2, -0.15) is 8.78 Å². The number of amides is 1. The van der Waals surface area contributed by atoms with Crippen molar-refractivity contribution in [2.75, 3.05) is 18.6 Å². The highest BCUT2D eigenvalue weighted by Crippen LogP contribution is 2.24. The number of nitrogens with zero attached hydrogens (tertiary/aromatic N) is 3. The average Bonchev–Trinajstić information content (AvgIpc) is 2.86. The topological polar surface area (TPSA) is 95.1 Å². The van der Waals surface area contributed by atoms with Crippen LogP contribution in [0.4, 0.5) is 8.78 Å². The number of halogens is 2. The fourth-order valence-electron chi connectivity index (χ4n) is 1.56. The Kier molecular flexibility index (Phi) is 5.15. The van der Waals surface area contributed by atoms with E-state index in [9.17, 15) is 13.6 Å². The van der Waals surface area contributed by atoms with Gasteiger partial charge in [0.1, 0.15) is 5.75 Å². The van der Waals surface area contributed by atoms with Gasteiger partial charge in [0.05, 0.1) is 5.75 Å². The zero-order chi connectivity index (χ0) is 16.1. The Labute approximate surface area is 128 Å². The number of hydrogen-bond acceptors (Lipinski definition) is 6. The second kappa shape index (κ2) is 7.07. The molecule has 0 saturated carbocycles. The minimum atomic E-state index is -2.88. The average molecular weight is 329 g/mol. The van der Waals surface area contributed by atoms with E-state index in [1.807, 2.05) is 0 Å². The van der Waals surface area contributed by atoms with Crippen LogP contribution in [0.5, 0.6) is 5.75 Å². The fraction of sp³-hybridized carbons (Fsp3) is 0.250. The molecule has 10 heteroatoms. The van der Waals surface area contributed by atoms with Gasteiger partial charge >= 0.3 is 6.61 Å². The third-order valence-corrected chi connectivity index (χ3v) is 3.56. The summed E-state index contributed by atoms with van der Waals surface area (Å²) in [6.07, 6.45) is 0. The quantitative estimate of drug-likeness (QED) is 0.609. The highest BCUT2D eigenvalue weighted by molar-refractivity contribution is 7.99. The number of aromatic nitrogens is 3. The van der Waals surface area contributed by atoms with Crippen molar-refractivity contribution in [3.05, 3.63) is 24.3 Å². The number of thioether (sulfide) groups is 1. The minimum Gasteiger partial charge on any atom is -0.435 e. The van der Waals surface area contributed by atoms with Crippen LogP contribution in [0.1, 0.15) is 0 Å². The molecule has 0 aliphatic rings. The van der Waals surface area contributed by atoms with Crippen LogP contribution in [0, 0.1) is 0 Å². The normalized spacial score (nSPS) is 10.7. The monoisotopic (exact) mass is 329 g/mol. The summed E-state index contributed by atoms with van der Waals surface area (Å²) in [4.78, 5) is 11.2. The fourth-order valence-corrected chi connectivity index (χ4v) is 2.29. The molecule has 0 aliphatic carbocycles. The first-order chi connectivity index (χ1) is 10.5. The lowest BCUT2D eigenvalue weighted by Gasteiger charge is -2.06.